The molecule has 0 radical (unpaired) electrons. The van der Waals surface area contributed by atoms with E-state index in [1.54, 1.807) is 0 Å². The molecule has 0 unspecified atom stereocenters. The molecule has 1 heterocycles. The second-order valence-corrected chi connectivity index (χ2v) is 8.22. The van der Waals surface area contributed by atoms with Crippen LogP contribution in [-0.2, 0) is 10.0 Å². The van der Waals surface area contributed by atoms with Gasteiger partial charge in [0, 0.05) is 12.6 Å². The first-order chi connectivity index (χ1) is 7.75. The van der Waals surface area contributed by atoms with Crippen LogP contribution in [-0.4, -0.2) is 30.3 Å². The van der Waals surface area contributed by atoms with Crippen molar-refractivity contribution in [3.63, 3.8) is 0 Å². The van der Waals surface area contributed by atoms with Gasteiger partial charge in [-0.3, -0.25) is 0 Å². The zero-order chi connectivity index (χ0) is 13.2. The summed E-state index contributed by atoms with van der Waals surface area (Å²) in [4.78, 5) is 3.78. The molecule has 0 saturated carbocycles. The predicted octanol–water partition coefficient (Wildman–Crippen LogP) is 2.85. The van der Waals surface area contributed by atoms with E-state index in [2.05, 4.69) is 4.98 Å². The van der Waals surface area contributed by atoms with E-state index in [1.807, 2.05) is 27.7 Å². The first-order valence-electron chi connectivity index (χ1n) is 5.38. The van der Waals surface area contributed by atoms with E-state index in [0.29, 0.717) is 6.54 Å². The smallest absolute Gasteiger partial charge is 0.232 e. The summed E-state index contributed by atoms with van der Waals surface area (Å²) in [5.74, 6) is 0.274. The molecule has 0 aliphatic heterocycles. The van der Waals surface area contributed by atoms with Crippen LogP contribution >= 0.6 is 22.9 Å². The van der Waals surface area contributed by atoms with E-state index in [0.717, 1.165) is 11.3 Å². The topological polar surface area (TPSA) is 50.3 Å². The Labute approximate surface area is 112 Å². The Kier molecular flexibility index (Phi) is 4.95. The van der Waals surface area contributed by atoms with Crippen LogP contribution in [0.5, 0.6) is 0 Å². The van der Waals surface area contributed by atoms with Crippen LogP contribution in [0.3, 0.4) is 0 Å². The van der Waals surface area contributed by atoms with Crippen molar-refractivity contribution in [3.8, 4) is 0 Å². The highest BCUT2D eigenvalue weighted by Gasteiger charge is 2.29. The lowest BCUT2D eigenvalue weighted by molar-refractivity contribution is 0.319. The molecular formula is C10H17ClN2O2S2. The Morgan fingerprint density at radius 3 is 2.35 bits per heavy atom. The molecule has 0 aromatic carbocycles. The molecule has 17 heavy (non-hydrogen) atoms. The fourth-order valence-corrected chi connectivity index (χ4v) is 4.64. The van der Waals surface area contributed by atoms with Gasteiger partial charge in [-0.1, -0.05) is 36.8 Å². The number of hydrogen-bond acceptors (Lipinski definition) is 4. The number of thiazole rings is 1. The molecule has 0 fully saturated rings. The Hall–Kier alpha value is -0.170. The third kappa shape index (κ3) is 3.64. The van der Waals surface area contributed by atoms with Crippen LogP contribution in [0.25, 0.3) is 0 Å². The zero-order valence-electron chi connectivity index (χ0n) is 10.3. The van der Waals surface area contributed by atoms with Gasteiger partial charge in [0.25, 0.3) is 10.0 Å². The van der Waals surface area contributed by atoms with E-state index in [1.165, 1.54) is 10.5 Å². The maximum Gasteiger partial charge on any atom is 0.254 e. The highest BCUT2D eigenvalue weighted by Crippen LogP contribution is 2.27. The summed E-state index contributed by atoms with van der Waals surface area (Å²) in [6.45, 7) is 8.20. The molecule has 1 aromatic rings. The number of rotatable bonds is 5. The standard InChI is InChI=1S/C10H17ClN2O2S2/c1-7(2)6-13(8(3)4)17(14,15)9-5-12-10(11)16-9/h5,7-8H,6H2,1-4H3. The van der Waals surface area contributed by atoms with Gasteiger partial charge in [-0.2, -0.15) is 4.31 Å². The Bertz CT molecular complexity index is 468. The van der Waals surface area contributed by atoms with Crippen LogP contribution < -0.4 is 0 Å². The van der Waals surface area contributed by atoms with Crippen molar-refractivity contribution in [1.82, 2.24) is 9.29 Å². The van der Waals surface area contributed by atoms with Gasteiger partial charge in [0.05, 0.1) is 6.20 Å². The average Bonchev–Trinajstić information content (AvgIpc) is 2.61. The minimum Gasteiger partial charge on any atom is -0.232 e. The highest BCUT2D eigenvalue weighted by atomic mass is 35.5. The summed E-state index contributed by atoms with van der Waals surface area (Å²) < 4.78 is 26.7. The molecule has 0 spiro atoms. The first kappa shape index (κ1) is 14.9. The summed E-state index contributed by atoms with van der Waals surface area (Å²) >= 11 is 6.67. The number of halogens is 1. The largest absolute Gasteiger partial charge is 0.254 e. The van der Waals surface area contributed by atoms with Crippen molar-refractivity contribution >= 4 is 33.0 Å². The summed E-state index contributed by atoms with van der Waals surface area (Å²) in [5.41, 5.74) is 0. The number of aromatic nitrogens is 1. The molecule has 0 amide bonds. The van der Waals surface area contributed by atoms with Crippen molar-refractivity contribution < 1.29 is 8.42 Å². The van der Waals surface area contributed by atoms with Crippen molar-refractivity contribution in [1.29, 1.82) is 0 Å². The average molecular weight is 297 g/mol. The lowest BCUT2D eigenvalue weighted by Gasteiger charge is -2.26. The van der Waals surface area contributed by atoms with E-state index in [4.69, 9.17) is 11.6 Å². The van der Waals surface area contributed by atoms with Gasteiger partial charge < -0.3 is 0 Å². The lowest BCUT2D eigenvalue weighted by atomic mass is 10.2. The van der Waals surface area contributed by atoms with Crippen LogP contribution in [0.15, 0.2) is 10.4 Å². The molecule has 0 atom stereocenters. The molecule has 4 nitrogen and oxygen atoms in total. The third-order valence-corrected chi connectivity index (χ3v) is 5.73. The molecule has 1 aromatic heterocycles. The molecule has 0 aliphatic carbocycles. The molecule has 0 bridgehead atoms. The molecule has 0 saturated heterocycles. The van der Waals surface area contributed by atoms with Gasteiger partial charge in [0.15, 0.2) is 8.68 Å². The number of hydrogen-bond donors (Lipinski definition) is 0. The predicted molar refractivity (Wildman–Crippen MR) is 71.0 cm³/mol. The van der Waals surface area contributed by atoms with Crippen LogP contribution in [0, 0.1) is 5.92 Å². The number of nitrogens with zero attached hydrogens (tertiary/aromatic N) is 2. The normalized spacial score (nSPS) is 12.9. The summed E-state index contributed by atoms with van der Waals surface area (Å²) in [7, 11) is -3.47. The molecule has 0 aliphatic rings. The molecular weight excluding hydrogens is 280 g/mol. The zero-order valence-corrected chi connectivity index (χ0v) is 12.7. The van der Waals surface area contributed by atoms with Crippen molar-refractivity contribution in [2.24, 2.45) is 5.92 Å². The van der Waals surface area contributed by atoms with Gasteiger partial charge in [-0.15, -0.1) is 0 Å². The molecule has 7 heteroatoms. The lowest BCUT2D eigenvalue weighted by Crippen LogP contribution is -2.39. The number of sulfonamides is 1. The second kappa shape index (κ2) is 5.65. The van der Waals surface area contributed by atoms with Gasteiger partial charge >= 0.3 is 0 Å². The third-order valence-electron chi connectivity index (χ3n) is 2.14. The van der Waals surface area contributed by atoms with E-state index in [9.17, 15) is 8.42 Å². The summed E-state index contributed by atoms with van der Waals surface area (Å²) in [5, 5.41) is 0. The van der Waals surface area contributed by atoms with Crippen LogP contribution in [0.2, 0.25) is 4.47 Å². The molecule has 1 rings (SSSR count). The summed E-state index contributed by atoms with van der Waals surface area (Å²) in [6.07, 6.45) is 1.32. The van der Waals surface area contributed by atoms with E-state index < -0.39 is 10.0 Å². The Balaban J connectivity index is 3.09. The SMILES string of the molecule is CC(C)CN(C(C)C)S(=O)(=O)c1cnc(Cl)s1. The first-order valence-corrected chi connectivity index (χ1v) is 8.01. The summed E-state index contributed by atoms with van der Waals surface area (Å²) in [6, 6.07) is -0.0803. The van der Waals surface area contributed by atoms with Gasteiger partial charge in [0.2, 0.25) is 0 Å². The maximum atomic E-state index is 12.4. The van der Waals surface area contributed by atoms with Gasteiger partial charge in [-0.25, -0.2) is 13.4 Å². The van der Waals surface area contributed by atoms with Crippen molar-refractivity contribution in [3.05, 3.63) is 10.7 Å². The van der Waals surface area contributed by atoms with Crippen molar-refractivity contribution in [2.75, 3.05) is 6.54 Å². The minimum atomic E-state index is -3.47. The van der Waals surface area contributed by atoms with Crippen molar-refractivity contribution in [2.45, 2.75) is 37.9 Å². The van der Waals surface area contributed by atoms with E-state index in [-0.39, 0.29) is 20.6 Å². The van der Waals surface area contributed by atoms with Crippen LogP contribution in [0.1, 0.15) is 27.7 Å². The molecule has 98 valence electrons. The minimum absolute atomic E-state index is 0.0803. The maximum absolute atomic E-state index is 12.4. The monoisotopic (exact) mass is 296 g/mol. The fraction of sp³-hybridized carbons (Fsp3) is 0.700. The van der Waals surface area contributed by atoms with Gasteiger partial charge in [0.1, 0.15) is 0 Å². The fourth-order valence-electron chi connectivity index (χ4n) is 1.42. The second-order valence-electron chi connectivity index (χ2n) is 4.49. The van der Waals surface area contributed by atoms with Crippen LogP contribution in [0.4, 0.5) is 0 Å². The Morgan fingerprint density at radius 2 is 2.00 bits per heavy atom. The van der Waals surface area contributed by atoms with Gasteiger partial charge in [-0.05, 0) is 19.8 Å². The molecule has 0 N–H and O–H groups in total. The van der Waals surface area contributed by atoms with E-state index >= 15 is 0 Å². The quantitative estimate of drug-likeness (QED) is 0.839. The Morgan fingerprint density at radius 1 is 1.41 bits per heavy atom. The highest BCUT2D eigenvalue weighted by molar-refractivity contribution is 7.91.